The second-order valence-electron chi connectivity index (χ2n) is 5.09. The van der Waals surface area contributed by atoms with E-state index in [-0.39, 0.29) is 17.9 Å². The summed E-state index contributed by atoms with van der Waals surface area (Å²) in [6.07, 6.45) is 1.65. The van der Waals surface area contributed by atoms with Crippen molar-refractivity contribution in [1.29, 1.82) is 0 Å². The van der Waals surface area contributed by atoms with Crippen LogP contribution in [0.25, 0.3) is 6.08 Å². The fourth-order valence-corrected chi connectivity index (χ4v) is 2.09. The molecule has 132 valence electrons. The highest BCUT2D eigenvalue weighted by Gasteiger charge is 2.16. The minimum absolute atomic E-state index is 0.0210. The minimum atomic E-state index is -1.18. The summed E-state index contributed by atoms with van der Waals surface area (Å²) in [5.41, 5.74) is 1.86. The van der Waals surface area contributed by atoms with E-state index < -0.39 is 22.9 Å². The van der Waals surface area contributed by atoms with Crippen molar-refractivity contribution < 1.29 is 30.1 Å². The van der Waals surface area contributed by atoms with Gasteiger partial charge in [0.25, 0.3) is 10.2 Å². The average Bonchev–Trinajstić information content (AvgIpc) is 2.51. The molecular formula is C14H18N2O8. The first-order chi connectivity index (χ1) is 11.1. The summed E-state index contributed by atoms with van der Waals surface area (Å²) in [5, 5.41) is 38.6. The van der Waals surface area contributed by atoms with E-state index in [1.807, 2.05) is 0 Å². The zero-order valence-electron chi connectivity index (χ0n) is 13.4. The molecule has 10 heteroatoms. The largest absolute Gasteiger partial charge is 0.507 e. The molecule has 2 N–H and O–H groups in total. The Morgan fingerprint density at radius 1 is 1.04 bits per heavy atom. The van der Waals surface area contributed by atoms with Gasteiger partial charge in [0.05, 0.1) is 0 Å². The molecule has 0 aromatic heterocycles. The summed E-state index contributed by atoms with van der Waals surface area (Å²) < 4.78 is 0. The molecule has 1 aromatic carbocycles. The third-order valence-corrected chi connectivity index (χ3v) is 3.57. The molecule has 24 heavy (non-hydrogen) atoms. The molecule has 0 spiro atoms. The maximum Gasteiger partial charge on any atom is 0.294 e. The first-order valence-corrected chi connectivity index (χ1v) is 6.91. The molecule has 0 saturated carbocycles. The topological polar surface area (TPSA) is 145 Å². The van der Waals surface area contributed by atoms with Gasteiger partial charge in [-0.3, -0.25) is 0 Å². The molecule has 1 unspecified atom stereocenters. The minimum Gasteiger partial charge on any atom is -0.507 e. The van der Waals surface area contributed by atoms with Gasteiger partial charge < -0.3 is 19.9 Å². The number of aromatic hydroxyl groups is 2. The van der Waals surface area contributed by atoms with Crippen molar-refractivity contribution in [2.24, 2.45) is 0 Å². The number of rotatable bonds is 8. The van der Waals surface area contributed by atoms with Gasteiger partial charge in [0.2, 0.25) is 0 Å². The Labute approximate surface area is 137 Å². The number of hydrogen-bond donors (Lipinski definition) is 2. The summed E-state index contributed by atoms with van der Waals surface area (Å²) in [6.45, 7) is 4.31. The maximum atomic E-state index is 10.4. The molecule has 0 aliphatic carbocycles. The van der Waals surface area contributed by atoms with Gasteiger partial charge in [0.1, 0.15) is 24.2 Å². The van der Waals surface area contributed by atoms with Crippen molar-refractivity contribution in [3.63, 3.8) is 0 Å². The Bertz CT molecular complexity index is 642. The highest BCUT2D eigenvalue weighted by Crippen LogP contribution is 2.36. The molecule has 0 fully saturated rings. The normalized spacial score (nSPS) is 12.1. The molecule has 0 aliphatic heterocycles. The zero-order valence-corrected chi connectivity index (χ0v) is 13.4. The fourth-order valence-electron chi connectivity index (χ4n) is 2.09. The predicted molar refractivity (Wildman–Crippen MR) is 82.4 cm³/mol. The number of hydrogen-bond acceptors (Lipinski definition) is 8. The highest BCUT2D eigenvalue weighted by molar-refractivity contribution is 5.68. The van der Waals surface area contributed by atoms with Crippen molar-refractivity contribution in [3.05, 3.63) is 48.6 Å². The molecule has 0 amide bonds. The van der Waals surface area contributed by atoms with Crippen molar-refractivity contribution in [2.75, 3.05) is 6.61 Å². The van der Waals surface area contributed by atoms with Gasteiger partial charge in [-0.05, 0) is 38.3 Å². The van der Waals surface area contributed by atoms with Gasteiger partial charge in [0, 0.05) is 11.1 Å². The van der Waals surface area contributed by atoms with Gasteiger partial charge in [0.15, 0.2) is 0 Å². The molecule has 1 rings (SSSR count). The Balaban J connectivity index is 2.94. The Kier molecular flexibility index (Phi) is 6.33. The van der Waals surface area contributed by atoms with E-state index in [1.165, 1.54) is 12.2 Å². The summed E-state index contributed by atoms with van der Waals surface area (Å²) in [6, 6.07) is 0. The fraction of sp³-hybridized carbons (Fsp3) is 0.429. The number of phenolic OH excluding ortho intramolecular Hbond substituents is 2. The van der Waals surface area contributed by atoms with Gasteiger partial charge in [-0.25, -0.2) is 0 Å². The first-order valence-electron chi connectivity index (χ1n) is 6.91. The van der Waals surface area contributed by atoms with Crippen LogP contribution in [-0.4, -0.2) is 33.1 Å². The second-order valence-corrected chi connectivity index (χ2v) is 5.09. The predicted octanol–water partition coefficient (Wildman–Crippen LogP) is 2.21. The number of phenols is 2. The first kappa shape index (κ1) is 19.0. The van der Waals surface area contributed by atoms with Crippen molar-refractivity contribution in [1.82, 2.24) is 0 Å². The van der Waals surface area contributed by atoms with Gasteiger partial charge in [-0.2, -0.15) is 0 Å². The number of nitrogens with zero attached hydrogens (tertiary/aromatic N) is 2. The van der Waals surface area contributed by atoms with E-state index in [1.54, 1.807) is 20.8 Å². The molecule has 0 aliphatic rings. The van der Waals surface area contributed by atoms with E-state index in [2.05, 4.69) is 9.68 Å². The third kappa shape index (κ3) is 4.73. The molecule has 1 aromatic rings. The monoisotopic (exact) mass is 342 g/mol. The van der Waals surface area contributed by atoms with Crippen LogP contribution in [-0.2, 0) is 9.68 Å². The van der Waals surface area contributed by atoms with Crippen LogP contribution < -0.4 is 0 Å². The molecule has 1 atom stereocenters. The molecule has 10 nitrogen and oxygen atoms in total. The van der Waals surface area contributed by atoms with Crippen LogP contribution in [0.2, 0.25) is 0 Å². The molecule has 0 heterocycles. The van der Waals surface area contributed by atoms with E-state index >= 15 is 0 Å². The smallest absolute Gasteiger partial charge is 0.294 e. The Hall–Kier alpha value is -3.04. The van der Waals surface area contributed by atoms with Gasteiger partial charge in [-0.15, -0.1) is 20.2 Å². The summed E-state index contributed by atoms with van der Waals surface area (Å²) in [4.78, 5) is 28.9. The second kappa shape index (κ2) is 7.99. The average molecular weight is 342 g/mol. The molecule has 0 radical (unpaired) electrons. The van der Waals surface area contributed by atoms with Gasteiger partial charge in [-0.1, -0.05) is 12.2 Å². The SMILES string of the molecule is Cc1c(C)c(O)c(C=CCC(CO[N+](=O)[O-])O[N+](=O)[O-])c(C)c1O. The molecular weight excluding hydrogens is 324 g/mol. The van der Waals surface area contributed by atoms with E-state index in [4.69, 9.17) is 0 Å². The number of benzene rings is 1. The van der Waals surface area contributed by atoms with Crippen molar-refractivity contribution >= 4 is 6.08 Å². The standard InChI is InChI=1S/C14H18N2O8/c1-8-9(2)14(18)12(10(3)13(8)17)6-4-5-11(24-16(21)22)7-23-15(19)20/h4,6,11,17-18H,5,7H2,1-3H3. The van der Waals surface area contributed by atoms with Crippen LogP contribution in [0.1, 0.15) is 28.7 Å². The highest BCUT2D eigenvalue weighted by atomic mass is 17.0. The van der Waals surface area contributed by atoms with Crippen LogP contribution in [0, 0.1) is 41.0 Å². The van der Waals surface area contributed by atoms with Crippen LogP contribution in [0.4, 0.5) is 0 Å². The quantitative estimate of drug-likeness (QED) is 0.415. The van der Waals surface area contributed by atoms with Gasteiger partial charge >= 0.3 is 0 Å². The van der Waals surface area contributed by atoms with Crippen molar-refractivity contribution in [3.8, 4) is 11.5 Å². The van der Waals surface area contributed by atoms with Crippen LogP contribution in [0.15, 0.2) is 6.08 Å². The zero-order chi connectivity index (χ0) is 18.4. The van der Waals surface area contributed by atoms with Crippen LogP contribution in [0.3, 0.4) is 0 Å². The van der Waals surface area contributed by atoms with Crippen LogP contribution >= 0.6 is 0 Å². The molecule has 0 bridgehead atoms. The van der Waals surface area contributed by atoms with Crippen LogP contribution in [0.5, 0.6) is 11.5 Å². The summed E-state index contributed by atoms with van der Waals surface area (Å²) in [5.74, 6) is 0.0204. The lowest BCUT2D eigenvalue weighted by Crippen LogP contribution is -2.24. The molecule has 0 saturated heterocycles. The summed E-state index contributed by atoms with van der Waals surface area (Å²) >= 11 is 0. The Morgan fingerprint density at radius 3 is 2.17 bits per heavy atom. The third-order valence-electron chi connectivity index (χ3n) is 3.57. The Morgan fingerprint density at radius 2 is 1.62 bits per heavy atom. The summed E-state index contributed by atoms with van der Waals surface area (Å²) in [7, 11) is 0. The lowest BCUT2D eigenvalue weighted by Gasteiger charge is -2.14. The van der Waals surface area contributed by atoms with E-state index in [0.717, 1.165) is 0 Å². The van der Waals surface area contributed by atoms with E-state index in [0.29, 0.717) is 22.3 Å². The lowest BCUT2D eigenvalue weighted by atomic mass is 9.97. The van der Waals surface area contributed by atoms with E-state index in [9.17, 15) is 30.4 Å². The maximum absolute atomic E-state index is 10.4. The lowest BCUT2D eigenvalue weighted by molar-refractivity contribution is -0.789. The van der Waals surface area contributed by atoms with Crippen molar-refractivity contribution in [2.45, 2.75) is 33.3 Å².